The summed E-state index contributed by atoms with van der Waals surface area (Å²) >= 11 is 0. The highest BCUT2D eigenvalue weighted by atomic mass is 16.3. The molecule has 84 valence electrons. The zero-order valence-electron chi connectivity index (χ0n) is 9.29. The van der Waals surface area contributed by atoms with E-state index in [9.17, 15) is 4.79 Å². The maximum atomic E-state index is 11.4. The second-order valence-electron chi connectivity index (χ2n) is 3.65. The number of furan rings is 1. The molecule has 1 rings (SSSR count). The zero-order chi connectivity index (χ0) is 10.9. The van der Waals surface area contributed by atoms with E-state index in [0.29, 0.717) is 5.76 Å². The summed E-state index contributed by atoms with van der Waals surface area (Å²) in [5.74, 6) is 0.277. The molecule has 0 saturated carbocycles. The Balaban J connectivity index is 2.03. The van der Waals surface area contributed by atoms with E-state index in [4.69, 9.17) is 4.42 Å². The largest absolute Gasteiger partial charge is 0.459 e. The predicted molar refractivity (Wildman–Crippen MR) is 59.8 cm³/mol. The summed E-state index contributed by atoms with van der Waals surface area (Å²) in [7, 11) is 0. The van der Waals surface area contributed by atoms with Crippen molar-refractivity contribution in [3.05, 3.63) is 24.2 Å². The van der Waals surface area contributed by atoms with Gasteiger partial charge in [-0.3, -0.25) is 4.79 Å². The molecule has 0 saturated heterocycles. The quantitative estimate of drug-likeness (QED) is 0.701. The third-order valence-corrected chi connectivity index (χ3v) is 2.31. The van der Waals surface area contributed by atoms with Crippen LogP contribution in [0.25, 0.3) is 0 Å². The van der Waals surface area contributed by atoms with Crippen LogP contribution in [0.5, 0.6) is 0 Å². The first-order chi connectivity index (χ1) is 7.34. The first-order valence-electron chi connectivity index (χ1n) is 5.66. The van der Waals surface area contributed by atoms with Crippen molar-refractivity contribution in [2.45, 2.75) is 39.0 Å². The van der Waals surface area contributed by atoms with Crippen LogP contribution in [0.2, 0.25) is 0 Å². The molecule has 15 heavy (non-hydrogen) atoms. The van der Waals surface area contributed by atoms with Crippen LogP contribution in [0.3, 0.4) is 0 Å². The highest BCUT2D eigenvalue weighted by molar-refractivity contribution is 5.91. The summed E-state index contributed by atoms with van der Waals surface area (Å²) in [4.78, 5) is 11.4. The van der Waals surface area contributed by atoms with Gasteiger partial charge in [-0.1, -0.05) is 32.6 Å². The third kappa shape index (κ3) is 4.68. The van der Waals surface area contributed by atoms with E-state index in [2.05, 4.69) is 12.2 Å². The van der Waals surface area contributed by atoms with E-state index in [1.165, 1.54) is 31.9 Å². The first kappa shape index (κ1) is 11.8. The average Bonchev–Trinajstić information content (AvgIpc) is 2.76. The van der Waals surface area contributed by atoms with Crippen molar-refractivity contribution in [1.29, 1.82) is 0 Å². The molecule has 3 nitrogen and oxygen atoms in total. The molecule has 1 heterocycles. The second kappa shape index (κ2) is 7.10. The molecule has 0 unspecified atom stereocenters. The molecule has 1 N–H and O–H groups in total. The summed E-state index contributed by atoms with van der Waals surface area (Å²) in [6, 6.07) is 3.39. The molecule has 0 fully saturated rings. The van der Waals surface area contributed by atoms with E-state index in [0.717, 1.165) is 13.0 Å². The normalized spacial score (nSPS) is 10.2. The molecule has 0 atom stereocenters. The Kier molecular flexibility index (Phi) is 5.59. The Morgan fingerprint density at radius 2 is 2.13 bits per heavy atom. The molecule has 1 amide bonds. The first-order valence-corrected chi connectivity index (χ1v) is 5.66. The molecule has 0 aliphatic carbocycles. The van der Waals surface area contributed by atoms with Crippen molar-refractivity contribution in [2.75, 3.05) is 6.54 Å². The van der Waals surface area contributed by atoms with Gasteiger partial charge in [-0.05, 0) is 18.6 Å². The third-order valence-electron chi connectivity index (χ3n) is 2.31. The number of rotatable bonds is 7. The second-order valence-corrected chi connectivity index (χ2v) is 3.65. The molecule has 0 bridgehead atoms. The molecule has 1 aromatic heterocycles. The van der Waals surface area contributed by atoms with Gasteiger partial charge in [0.2, 0.25) is 0 Å². The minimum atomic E-state index is -0.115. The Bertz CT molecular complexity index is 267. The lowest BCUT2D eigenvalue weighted by atomic mass is 10.1. The fraction of sp³-hybridized carbons (Fsp3) is 0.583. The molecule has 0 radical (unpaired) electrons. The lowest BCUT2D eigenvalue weighted by Crippen LogP contribution is -2.23. The SMILES string of the molecule is CCCCCCCNC(=O)c1ccco1. The minimum absolute atomic E-state index is 0.115. The van der Waals surface area contributed by atoms with Crippen LogP contribution in [-0.4, -0.2) is 12.5 Å². The molecule has 1 aromatic rings. The average molecular weight is 209 g/mol. The number of amides is 1. The highest BCUT2D eigenvalue weighted by Gasteiger charge is 2.05. The number of carbonyl (C=O) groups excluding carboxylic acids is 1. The summed E-state index contributed by atoms with van der Waals surface area (Å²) in [6.07, 6.45) is 7.53. The maximum absolute atomic E-state index is 11.4. The summed E-state index contributed by atoms with van der Waals surface area (Å²) < 4.78 is 4.98. The van der Waals surface area contributed by atoms with E-state index in [-0.39, 0.29) is 5.91 Å². The van der Waals surface area contributed by atoms with Gasteiger partial charge in [-0.15, -0.1) is 0 Å². The Morgan fingerprint density at radius 1 is 1.33 bits per heavy atom. The van der Waals surface area contributed by atoms with Crippen LogP contribution < -0.4 is 5.32 Å². The molecule has 0 aliphatic rings. The standard InChI is InChI=1S/C12H19NO2/c1-2-3-4-5-6-9-13-12(14)11-8-7-10-15-11/h7-8,10H,2-6,9H2,1H3,(H,13,14). The lowest BCUT2D eigenvalue weighted by molar-refractivity contribution is 0.0925. The molecular formula is C12H19NO2. The van der Waals surface area contributed by atoms with E-state index in [1.807, 2.05) is 0 Å². The Labute approximate surface area is 90.9 Å². The molecular weight excluding hydrogens is 190 g/mol. The van der Waals surface area contributed by atoms with Crippen molar-refractivity contribution in [3.8, 4) is 0 Å². The fourth-order valence-corrected chi connectivity index (χ4v) is 1.43. The van der Waals surface area contributed by atoms with Gasteiger partial charge in [0.25, 0.3) is 5.91 Å². The molecule has 0 spiro atoms. The molecule has 0 aliphatic heterocycles. The monoisotopic (exact) mass is 209 g/mol. The summed E-state index contributed by atoms with van der Waals surface area (Å²) in [5, 5.41) is 2.83. The number of carbonyl (C=O) groups is 1. The van der Waals surface area contributed by atoms with Crippen molar-refractivity contribution in [3.63, 3.8) is 0 Å². The Morgan fingerprint density at radius 3 is 2.80 bits per heavy atom. The highest BCUT2D eigenvalue weighted by Crippen LogP contribution is 2.02. The topological polar surface area (TPSA) is 42.2 Å². The van der Waals surface area contributed by atoms with Gasteiger partial charge in [-0.2, -0.15) is 0 Å². The van der Waals surface area contributed by atoms with Gasteiger partial charge in [-0.25, -0.2) is 0 Å². The Hall–Kier alpha value is -1.25. The molecule has 0 aromatic carbocycles. The van der Waals surface area contributed by atoms with Gasteiger partial charge in [0, 0.05) is 6.54 Å². The maximum Gasteiger partial charge on any atom is 0.286 e. The number of hydrogen-bond donors (Lipinski definition) is 1. The molecule has 3 heteroatoms. The van der Waals surface area contributed by atoms with Crippen molar-refractivity contribution < 1.29 is 9.21 Å². The van der Waals surface area contributed by atoms with Crippen LogP contribution in [0.4, 0.5) is 0 Å². The van der Waals surface area contributed by atoms with Crippen LogP contribution >= 0.6 is 0 Å². The van der Waals surface area contributed by atoms with Gasteiger partial charge in [0.1, 0.15) is 0 Å². The van der Waals surface area contributed by atoms with Crippen molar-refractivity contribution >= 4 is 5.91 Å². The van der Waals surface area contributed by atoms with E-state index in [1.54, 1.807) is 12.1 Å². The minimum Gasteiger partial charge on any atom is -0.459 e. The van der Waals surface area contributed by atoms with Gasteiger partial charge >= 0.3 is 0 Å². The lowest BCUT2D eigenvalue weighted by Gasteiger charge is -2.02. The fourth-order valence-electron chi connectivity index (χ4n) is 1.43. The van der Waals surface area contributed by atoms with E-state index >= 15 is 0 Å². The number of nitrogens with one attached hydrogen (secondary N) is 1. The van der Waals surface area contributed by atoms with Crippen LogP contribution in [-0.2, 0) is 0 Å². The van der Waals surface area contributed by atoms with Crippen LogP contribution in [0.1, 0.15) is 49.6 Å². The van der Waals surface area contributed by atoms with Crippen molar-refractivity contribution in [1.82, 2.24) is 5.32 Å². The number of hydrogen-bond acceptors (Lipinski definition) is 2. The van der Waals surface area contributed by atoms with Gasteiger partial charge < -0.3 is 9.73 Å². The summed E-state index contributed by atoms with van der Waals surface area (Å²) in [6.45, 7) is 2.93. The van der Waals surface area contributed by atoms with Gasteiger partial charge in [0.15, 0.2) is 5.76 Å². The van der Waals surface area contributed by atoms with Crippen molar-refractivity contribution in [2.24, 2.45) is 0 Å². The smallest absolute Gasteiger partial charge is 0.286 e. The predicted octanol–water partition coefficient (Wildman–Crippen LogP) is 2.98. The number of unbranched alkanes of at least 4 members (excludes halogenated alkanes) is 4. The van der Waals surface area contributed by atoms with Crippen LogP contribution in [0.15, 0.2) is 22.8 Å². The summed E-state index contributed by atoms with van der Waals surface area (Å²) in [5.41, 5.74) is 0. The van der Waals surface area contributed by atoms with Gasteiger partial charge in [0.05, 0.1) is 6.26 Å². The zero-order valence-corrected chi connectivity index (χ0v) is 9.29. The van der Waals surface area contributed by atoms with Crippen LogP contribution in [0, 0.1) is 0 Å². The van der Waals surface area contributed by atoms with E-state index < -0.39 is 0 Å².